The lowest BCUT2D eigenvalue weighted by molar-refractivity contribution is 0.610. The molecular weight excluding hydrogens is 426 g/mol. The van der Waals surface area contributed by atoms with Crippen LogP contribution < -0.4 is 0 Å². The highest BCUT2D eigenvalue weighted by atomic mass is 15.1. The number of allylic oxidation sites excluding steroid dienone is 3. The lowest BCUT2D eigenvalue weighted by atomic mass is 9.81. The highest BCUT2D eigenvalue weighted by Crippen LogP contribution is 2.40. The lowest BCUT2D eigenvalue weighted by Crippen LogP contribution is -2.20. The highest BCUT2D eigenvalue weighted by molar-refractivity contribution is 6.21. The monoisotopic (exact) mass is 453 g/mol. The third-order valence-corrected chi connectivity index (χ3v) is 7.06. The Hall–Kier alpha value is -4.24. The zero-order chi connectivity index (χ0) is 24.0. The van der Waals surface area contributed by atoms with Gasteiger partial charge in [0, 0.05) is 27.3 Å². The van der Waals surface area contributed by atoms with E-state index in [0.29, 0.717) is 6.67 Å². The van der Waals surface area contributed by atoms with Gasteiger partial charge in [-0.25, -0.2) is 0 Å². The molecule has 170 valence electrons. The van der Waals surface area contributed by atoms with Gasteiger partial charge in [0.15, 0.2) is 0 Å². The van der Waals surface area contributed by atoms with E-state index in [1.807, 2.05) is 0 Å². The first-order valence-corrected chi connectivity index (χ1v) is 12.0. The van der Waals surface area contributed by atoms with Crippen molar-refractivity contribution in [1.82, 2.24) is 4.57 Å². The van der Waals surface area contributed by atoms with E-state index in [1.54, 1.807) is 0 Å². The van der Waals surface area contributed by atoms with Crippen LogP contribution in [0.5, 0.6) is 0 Å². The quantitative estimate of drug-likeness (QED) is 0.242. The smallest absolute Gasteiger partial charge is 0.115 e. The molecule has 6 rings (SSSR count). The van der Waals surface area contributed by atoms with E-state index in [0.717, 1.165) is 22.5 Å². The van der Waals surface area contributed by atoms with E-state index in [-0.39, 0.29) is 5.41 Å². The van der Waals surface area contributed by atoms with E-state index in [1.165, 1.54) is 32.6 Å². The van der Waals surface area contributed by atoms with Crippen molar-refractivity contribution in [2.75, 3.05) is 0 Å². The van der Waals surface area contributed by atoms with Crippen LogP contribution in [0.15, 0.2) is 124 Å². The number of nitrogens with zero attached hydrogens (tertiary/aromatic N) is 3. The lowest BCUT2D eigenvalue weighted by Gasteiger charge is -2.24. The Morgan fingerprint density at radius 1 is 0.771 bits per heavy atom. The molecular formula is C32H27N3. The predicted molar refractivity (Wildman–Crippen MR) is 149 cm³/mol. The number of hydrogen-bond acceptors (Lipinski definition) is 2. The summed E-state index contributed by atoms with van der Waals surface area (Å²) in [6.07, 6.45) is 4.27. The minimum Gasteiger partial charge on any atom is -0.320 e. The van der Waals surface area contributed by atoms with Crippen LogP contribution in [0.3, 0.4) is 0 Å². The molecule has 3 heteroatoms. The average Bonchev–Trinajstić information content (AvgIpc) is 3.38. The fourth-order valence-electron chi connectivity index (χ4n) is 5.37. The molecule has 0 radical (unpaired) electrons. The first kappa shape index (κ1) is 21.3. The van der Waals surface area contributed by atoms with Crippen molar-refractivity contribution >= 4 is 45.0 Å². The fourth-order valence-corrected chi connectivity index (χ4v) is 5.37. The van der Waals surface area contributed by atoms with Gasteiger partial charge < -0.3 is 4.57 Å². The van der Waals surface area contributed by atoms with Crippen molar-refractivity contribution in [2.45, 2.75) is 20.5 Å². The predicted octanol–water partition coefficient (Wildman–Crippen LogP) is 7.95. The second-order valence-corrected chi connectivity index (χ2v) is 9.61. The molecule has 4 aromatic carbocycles. The van der Waals surface area contributed by atoms with Crippen LogP contribution in [-0.4, -0.2) is 17.0 Å². The molecule has 3 nitrogen and oxygen atoms in total. The van der Waals surface area contributed by atoms with Crippen LogP contribution in [0.2, 0.25) is 0 Å². The summed E-state index contributed by atoms with van der Waals surface area (Å²) in [4.78, 5) is 9.75. The van der Waals surface area contributed by atoms with E-state index < -0.39 is 0 Å². The Balaban J connectivity index is 1.61. The van der Waals surface area contributed by atoms with Gasteiger partial charge in [0.2, 0.25) is 0 Å². The molecule has 1 aromatic heterocycles. The van der Waals surface area contributed by atoms with Gasteiger partial charge in [-0.1, -0.05) is 98.8 Å². The van der Waals surface area contributed by atoms with Gasteiger partial charge in [-0.3, -0.25) is 9.98 Å². The maximum absolute atomic E-state index is 5.36. The summed E-state index contributed by atoms with van der Waals surface area (Å²) in [5.74, 6) is 0. The second-order valence-electron chi connectivity index (χ2n) is 9.61. The molecule has 35 heavy (non-hydrogen) atoms. The first-order chi connectivity index (χ1) is 17.1. The van der Waals surface area contributed by atoms with Crippen LogP contribution in [0.25, 0.3) is 32.6 Å². The molecule has 0 fully saturated rings. The molecule has 0 unspecified atom stereocenters. The molecule has 0 aliphatic heterocycles. The molecule has 1 aliphatic rings. The van der Waals surface area contributed by atoms with Gasteiger partial charge in [-0.05, 0) is 35.7 Å². The molecule has 0 saturated carbocycles. The van der Waals surface area contributed by atoms with Crippen molar-refractivity contribution in [2.24, 2.45) is 15.4 Å². The van der Waals surface area contributed by atoms with E-state index in [4.69, 9.17) is 4.99 Å². The maximum Gasteiger partial charge on any atom is 0.115 e. The molecule has 1 aliphatic carbocycles. The topological polar surface area (TPSA) is 29.6 Å². The van der Waals surface area contributed by atoms with Crippen molar-refractivity contribution in [3.8, 4) is 0 Å². The Morgan fingerprint density at radius 2 is 1.37 bits per heavy atom. The van der Waals surface area contributed by atoms with E-state index >= 15 is 0 Å². The van der Waals surface area contributed by atoms with Crippen LogP contribution in [0.1, 0.15) is 19.4 Å². The third kappa shape index (κ3) is 3.43. The molecule has 5 aromatic rings. The van der Waals surface area contributed by atoms with Crippen molar-refractivity contribution < 1.29 is 0 Å². The van der Waals surface area contributed by atoms with Crippen molar-refractivity contribution in [3.63, 3.8) is 0 Å². The second kappa shape index (κ2) is 8.21. The van der Waals surface area contributed by atoms with Crippen molar-refractivity contribution in [1.29, 1.82) is 0 Å². The zero-order valence-electron chi connectivity index (χ0n) is 20.1. The number of rotatable bonds is 5. The normalized spacial score (nSPS) is 15.5. The van der Waals surface area contributed by atoms with E-state index in [2.05, 4.69) is 133 Å². The maximum atomic E-state index is 5.36. The van der Waals surface area contributed by atoms with E-state index in [9.17, 15) is 0 Å². The first-order valence-electron chi connectivity index (χ1n) is 12.0. The third-order valence-electron chi connectivity index (χ3n) is 7.06. The molecule has 0 atom stereocenters. The number of hydrogen-bond donors (Lipinski definition) is 0. The molecule has 0 amide bonds. The summed E-state index contributed by atoms with van der Waals surface area (Å²) < 4.78 is 2.31. The summed E-state index contributed by atoms with van der Waals surface area (Å²) in [5, 5.41) is 4.89. The van der Waals surface area contributed by atoms with Crippen LogP contribution in [0.4, 0.5) is 0 Å². The average molecular weight is 454 g/mol. The summed E-state index contributed by atoms with van der Waals surface area (Å²) in [7, 11) is 0. The van der Waals surface area contributed by atoms with Gasteiger partial charge in [0.1, 0.15) is 6.67 Å². The number of fused-ring (bicyclic) bond motifs is 4. The van der Waals surface area contributed by atoms with Crippen molar-refractivity contribution in [3.05, 3.63) is 120 Å². The highest BCUT2D eigenvalue weighted by Gasteiger charge is 2.32. The van der Waals surface area contributed by atoms with Crippen LogP contribution in [-0.2, 0) is 6.67 Å². The van der Waals surface area contributed by atoms with Gasteiger partial charge in [0.05, 0.1) is 22.4 Å². The fraction of sp³-hybridized carbons (Fsp3) is 0.125. The van der Waals surface area contributed by atoms with Gasteiger partial charge in [-0.15, -0.1) is 0 Å². The number of para-hydroxylation sites is 2. The Bertz CT molecular complexity index is 1650. The summed E-state index contributed by atoms with van der Waals surface area (Å²) in [6, 6.07) is 32.1. The van der Waals surface area contributed by atoms with Gasteiger partial charge in [0.25, 0.3) is 0 Å². The standard InChI is InChI=1S/C32H27N3/c1-32(2)20-19-27(33-3)30(32)31(26-16-10-12-22-11-4-5-13-23(22)26)34-21-35-28-17-8-6-14-24(28)25-15-7-9-18-29(25)35/h4-20H,3,21H2,1-2H3/b34-31-. The molecule has 0 bridgehead atoms. The number of aromatic nitrogens is 1. The Kier molecular flexibility index (Phi) is 5.00. The Labute approximate surface area is 205 Å². The minimum absolute atomic E-state index is 0.201. The van der Waals surface area contributed by atoms with Gasteiger partial charge in [-0.2, -0.15) is 0 Å². The summed E-state index contributed by atoms with van der Waals surface area (Å²) in [5.41, 5.74) is 6.28. The largest absolute Gasteiger partial charge is 0.320 e. The number of benzene rings is 4. The van der Waals surface area contributed by atoms with Gasteiger partial charge >= 0.3 is 0 Å². The minimum atomic E-state index is -0.201. The van der Waals surface area contributed by atoms with Crippen LogP contribution in [0, 0.1) is 5.41 Å². The Morgan fingerprint density at radius 3 is 2.06 bits per heavy atom. The summed E-state index contributed by atoms with van der Waals surface area (Å²) >= 11 is 0. The molecule has 0 N–H and O–H groups in total. The molecule has 1 heterocycles. The molecule has 0 spiro atoms. The molecule has 0 saturated heterocycles. The van der Waals surface area contributed by atoms with Crippen LogP contribution >= 0.6 is 0 Å². The SMILES string of the molecule is C=NC1=C(/C(=N\Cn2c3ccccc3c3ccccc32)c2cccc3ccccc23)C(C)(C)C=C1. The number of aliphatic imine (C=N–C) groups is 2. The summed E-state index contributed by atoms with van der Waals surface area (Å²) in [6.45, 7) is 8.82. The zero-order valence-corrected chi connectivity index (χ0v) is 20.1.